The summed E-state index contributed by atoms with van der Waals surface area (Å²) in [5.41, 5.74) is 1.14. The highest BCUT2D eigenvalue weighted by Gasteiger charge is 2.08. The lowest BCUT2D eigenvalue weighted by molar-refractivity contribution is -0.384. The summed E-state index contributed by atoms with van der Waals surface area (Å²) in [6.07, 6.45) is 2.52. The van der Waals surface area contributed by atoms with Crippen molar-refractivity contribution in [3.8, 4) is 6.07 Å². The molecule has 0 saturated carbocycles. The fourth-order valence-electron chi connectivity index (χ4n) is 1.93. The molecule has 8 heteroatoms. The number of nitro benzene ring substituents is 1. The van der Waals surface area contributed by atoms with Crippen LogP contribution in [0.25, 0.3) is 6.08 Å². The number of ether oxygens (including phenoxy) is 1. The van der Waals surface area contributed by atoms with E-state index in [-0.39, 0.29) is 5.69 Å². The molecule has 0 bridgehead atoms. The Morgan fingerprint density at radius 2 is 1.88 bits per heavy atom. The maximum atomic E-state index is 11.8. The van der Waals surface area contributed by atoms with Gasteiger partial charge in [0.2, 0.25) is 0 Å². The number of nitrogens with zero attached hydrogens (tertiary/aromatic N) is 2. The van der Waals surface area contributed by atoms with E-state index in [1.54, 1.807) is 24.3 Å². The second kappa shape index (κ2) is 8.75. The first-order valence-corrected chi connectivity index (χ1v) is 7.38. The number of hydrogen-bond donors (Lipinski definition) is 1. The lowest BCUT2D eigenvalue weighted by Crippen LogP contribution is -2.20. The van der Waals surface area contributed by atoms with Crippen LogP contribution in [0.4, 0.5) is 11.4 Å². The van der Waals surface area contributed by atoms with E-state index >= 15 is 0 Å². The molecule has 0 saturated heterocycles. The Morgan fingerprint density at radius 3 is 2.54 bits per heavy atom. The predicted molar refractivity (Wildman–Crippen MR) is 92.9 cm³/mol. The Labute approximate surface area is 148 Å². The number of amides is 1. The number of nitro groups is 1. The molecule has 130 valence electrons. The van der Waals surface area contributed by atoms with Crippen LogP contribution in [0, 0.1) is 21.4 Å². The van der Waals surface area contributed by atoms with Gasteiger partial charge in [-0.25, -0.2) is 4.79 Å². The summed E-state index contributed by atoms with van der Waals surface area (Å²) in [5, 5.41) is 22.0. The second-order valence-corrected chi connectivity index (χ2v) is 5.00. The van der Waals surface area contributed by atoms with E-state index in [2.05, 4.69) is 5.32 Å². The summed E-state index contributed by atoms with van der Waals surface area (Å²) in [7, 11) is 0. The monoisotopic (exact) mass is 351 g/mol. The molecule has 0 unspecified atom stereocenters. The van der Waals surface area contributed by atoms with Crippen LogP contribution in [0.5, 0.6) is 0 Å². The molecular formula is C18H13N3O5. The second-order valence-electron chi connectivity index (χ2n) is 5.00. The van der Waals surface area contributed by atoms with Crippen molar-refractivity contribution in [2.45, 2.75) is 0 Å². The van der Waals surface area contributed by atoms with Gasteiger partial charge < -0.3 is 10.1 Å². The van der Waals surface area contributed by atoms with Crippen LogP contribution >= 0.6 is 0 Å². The molecule has 1 N–H and O–H groups in total. The smallest absolute Gasteiger partial charge is 0.331 e. The van der Waals surface area contributed by atoms with E-state index in [9.17, 15) is 19.7 Å². The lowest BCUT2D eigenvalue weighted by Gasteiger charge is -2.06. The number of hydrogen-bond acceptors (Lipinski definition) is 6. The summed E-state index contributed by atoms with van der Waals surface area (Å²) in [5.74, 6) is -1.32. The topological polar surface area (TPSA) is 122 Å². The van der Waals surface area contributed by atoms with E-state index in [1.807, 2.05) is 6.07 Å². The minimum Gasteiger partial charge on any atom is -0.452 e. The first-order chi connectivity index (χ1) is 12.5. The van der Waals surface area contributed by atoms with Gasteiger partial charge in [-0.2, -0.15) is 5.26 Å². The Balaban J connectivity index is 1.85. The maximum absolute atomic E-state index is 11.8. The van der Waals surface area contributed by atoms with Crippen molar-refractivity contribution in [2.24, 2.45) is 0 Å². The molecule has 2 rings (SSSR count). The van der Waals surface area contributed by atoms with Crippen molar-refractivity contribution in [3.05, 3.63) is 75.8 Å². The number of benzene rings is 2. The molecule has 0 fully saturated rings. The zero-order chi connectivity index (χ0) is 18.9. The van der Waals surface area contributed by atoms with E-state index in [0.717, 1.165) is 6.08 Å². The molecule has 2 aromatic carbocycles. The number of nitriles is 1. The van der Waals surface area contributed by atoms with Crippen molar-refractivity contribution in [2.75, 3.05) is 11.9 Å². The predicted octanol–water partition coefficient (Wildman–Crippen LogP) is 2.66. The molecular weight excluding hydrogens is 338 g/mol. The van der Waals surface area contributed by atoms with Crippen LogP contribution < -0.4 is 5.32 Å². The quantitative estimate of drug-likeness (QED) is 0.369. The molecule has 0 radical (unpaired) electrons. The van der Waals surface area contributed by atoms with Gasteiger partial charge in [0.15, 0.2) is 6.61 Å². The highest BCUT2D eigenvalue weighted by molar-refractivity contribution is 5.95. The van der Waals surface area contributed by atoms with E-state index in [1.165, 1.54) is 30.3 Å². The maximum Gasteiger partial charge on any atom is 0.331 e. The third kappa shape index (κ3) is 5.28. The number of carbonyl (C=O) groups is 2. The largest absolute Gasteiger partial charge is 0.452 e. The standard InChI is InChI=1S/C18H13N3O5/c19-11-14-3-1-2-4-16(14)20-17(22)12-26-18(23)10-7-13-5-8-15(9-6-13)21(24)25/h1-10H,12H2,(H,20,22). The highest BCUT2D eigenvalue weighted by atomic mass is 16.6. The molecule has 1 amide bonds. The van der Waals surface area contributed by atoms with Crippen LogP contribution in [-0.4, -0.2) is 23.4 Å². The molecule has 0 atom stereocenters. The molecule has 2 aromatic rings. The van der Waals surface area contributed by atoms with Gasteiger partial charge in [0.05, 0.1) is 16.2 Å². The first-order valence-electron chi connectivity index (χ1n) is 7.38. The number of esters is 1. The minimum absolute atomic E-state index is 0.0564. The van der Waals surface area contributed by atoms with Gasteiger partial charge in [0.25, 0.3) is 11.6 Å². The van der Waals surface area contributed by atoms with E-state index in [0.29, 0.717) is 16.8 Å². The van der Waals surface area contributed by atoms with Gasteiger partial charge in [-0.1, -0.05) is 12.1 Å². The lowest BCUT2D eigenvalue weighted by atomic mass is 10.2. The Morgan fingerprint density at radius 1 is 1.19 bits per heavy atom. The summed E-state index contributed by atoms with van der Waals surface area (Å²) < 4.78 is 4.80. The van der Waals surface area contributed by atoms with Crippen molar-refractivity contribution >= 4 is 29.3 Å². The zero-order valence-corrected chi connectivity index (χ0v) is 13.4. The van der Waals surface area contributed by atoms with Crippen molar-refractivity contribution < 1.29 is 19.2 Å². The molecule has 0 aliphatic carbocycles. The van der Waals surface area contributed by atoms with Gasteiger partial charge in [0.1, 0.15) is 6.07 Å². The van der Waals surface area contributed by atoms with Crippen molar-refractivity contribution in [1.82, 2.24) is 0 Å². The number of para-hydroxylation sites is 1. The van der Waals surface area contributed by atoms with Crippen molar-refractivity contribution in [3.63, 3.8) is 0 Å². The third-order valence-electron chi connectivity index (χ3n) is 3.18. The number of nitrogens with one attached hydrogen (secondary N) is 1. The molecule has 26 heavy (non-hydrogen) atoms. The Hall–Kier alpha value is -3.99. The first kappa shape index (κ1) is 18.4. The number of carbonyl (C=O) groups excluding carboxylic acids is 2. The van der Waals surface area contributed by atoms with Crippen LogP contribution in [0.3, 0.4) is 0 Å². The van der Waals surface area contributed by atoms with Crippen LogP contribution in [0.2, 0.25) is 0 Å². The molecule has 0 aliphatic rings. The average Bonchev–Trinajstić information content (AvgIpc) is 2.65. The minimum atomic E-state index is -0.743. The van der Waals surface area contributed by atoms with Crippen LogP contribution in [-0.2, 0) is 14.3 Å². The molecule has 0 aromatic heterocycles. The summed E-state index contributed by atoms with van der Waals surface area (Å²) in [4.78, 5) is 33.4. The SMILES string of the molecule is N#Cc1ccccc1NC(=O)COC(=O)C=Cc1ccc([N+](=O)[O-])cc1. The summed E-state index contributed by atoms with van der Waals surface area (Å²) >= 11 is 0. The molecule has 8 nitrogen and oxygen atoms in total. The van der Waals surface area contributed by atoms with Gasteiger partial charge in [0, 0.05) is 18.2 Å². The fourth-order valence-corrected chi connectivity index (χ4v) is 1.93. The molecule has 0 spiro atoms. The summed E-state index contributed by atoms with van der Waals surface area (Å²) in [6, 6.07) is 14.0. The number of anilines is 1. The van der Waals surface area contributed by atoms with Gasteiger partial charge >= 0.3 is 5.97 Å². The zero-order valence-electron chi connectivity index (χ0n) is 13.4. The van der Waals surface area contributed by atoms with Crippen molar-refractivity contribution in [1.29, 1.82) is 5.26 Å². The molecule has 0 heterocycles. The normalized spacial score (nSPS) is 10.1. The average molecular weight is 351 g/mol. The van der Waals surface area contributed by atoms with Crippen LogP contribution in [0.15, 0.2) is 54.6 Å². The number of rotatable bonds is 6. The van der Waals surface area contributed by atoms with Crippen LogP contribution in [0.1, 0.15) is 11.1 Å². The van der Waals surface area contributed by atoms with Gasteiger partial charge in [-0.3, -0.25) is 14.9 Å². The highest BCUT2D eigenvalue weighted by Crippen LogP contribution is 2.14. The van der Waals surface area contributed by atoms with Gasteiger partial charge in [-0.05, 0) is 35.9 Å². The number of non-ortho nitro benzene ring substituents is 1. The Bertz CT molecular complexity index is 898. The summed E-state index contributed by atoms with van der Waals surface area (Å²) in [6.45, 7) is -0.511. The molecule has 0 aliphatic heterocycles. The van der Waals surface area contributed by atoms with E-state index in [4.69, 9.17) is 10.00 Å². The fraction of sp³-hybridized carbons (Fsp3) is 0.0556. The Kier molecular flexibility index (Phi) is 6.17. The van der Waals surface area contributed by atoms with E-state index < -0.39 is 23.4 Å². The van der Waals surface area contributed by atoms with Gasteiger partial charge in [-0.15, -0.1) is 0 Å². The third-order valence-corrected chi connectivity index (χ3v) is 3.18.